The highest BCUT2D eigenvalue weighted by molar-refractivity contribution is 9.09. The Morgan fingerprint density at radius 3 is 2.47 bits per heavy atom. The van der Waals surface area contributed by atoms with Crippen molar-refractivity contribution in [1.82, 2.24) is 0 Å². The van der Waals surface area contributed by atoms with Gasteiger partial charge in [0.2, 0.25) is 0 Å². The summed E-state index contributed by atoms with van der Waals surface area (Å²) in [5.74, 6) is -0.369. The van der Waals surface area contributed by atoms with Crippen LogP contribution < -0.4 is 0 Å². The van der Waals surface area contributed by atoms with Gasteiger partial charge in [-0.15, -0.1) is 0 Å². The third-order valence-electron chi connectivity index (χ3n) is 2.25. The van der Waals surface area contributed by atoms with E-state index in [1.54, 1.807) is 14.2 Å². The summed E-state index contributed by atoms with van der Waals surface area (Å²) in [6.45, 7) is 1.76. The summed E-state index contributed by atoms with van der Waals surface area (Å²) in [6.07, 6.45) is -1.05. The fourth-order valence-corrected chi connectivity index (χ4v) is 2.10. The van der Waals surface area contributed by atoms with E-state index >= 15 is 0 Å². The minimum atomic E-state index is -0.494. The van der Waals surface area contributed by atoms with Crippen molar-refractivity contribution in [3.8, 4) is 0 Å². The summed E-state index contributed by atoms with van der Waals surface area (Å²) in [5, 5.41) is -0.363. The SMILES string of the molecule is CO[C@H]1[C@H](OC)COC(Br)[C@@H]1OC(C)=O. The van der Waals surface area contributed by atoms with Gasteiger partial charge in [0, 0.05) is 21.1 Å². The first-order chi connectivity index (χ1) is 7.10. The van der Waals surface area contributed by atoms with Gasteiger partial charge < -0.3 is 18.9 Å². The number of methoxy groups -OCH3 is 2. The second-order valence-electron chi connectivity index (χ2n) is 3.23. The standard InChI is InChI=1S/C9H15BrO5/c1-5(11)15-8-7(13-3)6(12-2)4-14-9(8)10/h6-9H,4H2,1-3H3/t6-,7+,8-,9?/m1/s1. The Kier molecular flexibility index (Phi) is 4.98. The zero-order valence-electron chi connectivity index (χ0n) is 8.94. The molecule has 5 nitrogen and oxygen atoms in total. The summed E-state index contributed by atoms with van der Waals surface area (Å²) in [4.78, 5) is 10.9. The molecule has 6 heteroatoms. The molecular formula is C9H15BrO5. The maximum Gasteiger partial charge on any atom is 0.303 e. The number of carbonyl (C=O) groups is 1. The fraction of sp³-hybridized carbons (Fsp3) is 0.889. The van der Waals surface area contributed by atoms with E-state index in [9.17, 15) is 4.79 Å². The summed E-state index contributed by atoms with van der Waals surface area (Å²) in [6, 6.07) is 0. The van der Waals surface area contributed by atoms with Crippen molar-refractivity contribution < 1.29 is 23.7 Å². The van der Waals surface area contributed by atoms with Crippen LogP contribution in [-0.2, 0) is 23.7 Å². The molecule has 0 aromatic heterocycles. The zero-order valence-corrected chi connectivity index (χ0v) is 10.5. The van der Waals surface area contributed by atoms with E-state index in [1.807, 2.05) is 0 Å². The van der Waals surface area contributed by atoms with Gasteiger partial charge in [0.05, 0.1) is 6.61 Å². The molecule has 0 radical (unpaired) electrons. The number of ether oxygens (including phenoxy) is 4. The fourth-order valence-electron chi connectivity index (χ4n) is 1.54. The number of esters is 1. The third-order valence-corrected chi connectivity index (χ3v) is 3.03. The third kappa shape index (κ3) is 3.14. The minimum Gasteiger partial charge on any atom is -0.456 e. The molecule has 0 aromatic rings. The van der Waals surface area contributed by atoms with Gasteiger partial charge in [0.25, 0.3) is 0 Å². The van der Waals surface area contributed by atoms with Crippen molar-refractivity contribution in [3.63, 3.8) is 0 Å². The van der Waals surface area contributed by atoms with Gasteiger partial charge in [-0.05, 0) is 0 Å². The second-order valence-corrected chi connectivity index (χ2v) is 4.14. The second kappa shape index (κ2) is 5.79. The van der Waals surface area contributed by atoms with Gasteiger partial charge in [0.1, 0.15) is 12.2 Å². The van der Waals surface area contributed by atoms with Crippen LogP contribution in [0.5, 0.6) is 0 Å². The maximum atomic E-state index is 10.9. The van der Waals surface area contributed by atoms with Crippen LogP contribution >= 0.6 is 15.9 Å². The summed E-state index contributed by atoms with van der Waals surface area (Å²) >= 11 is 3.29. The van der Waals surface area contributed by atoms with E-state index in [0.717, 1.165) is 0 Å². The van der Waals surface area contributed by atoms with Crippen molar-refractivity contribution >= 4 is 21.9 Å². The number of hydrogen-bond acceptors (Lipinski definition) is 5. The first kappa shape index (κ1) is 12.9. The first-order valence-corrected chi connectivity index (χ1v) is 5.50. The number of hydrogen-bond donors (Lipinski definition) is 0. The average Bonchev–Trinajstić information content (AvgIpc) is 2.20. The smallest absolute Gasteiger partial charge is 0.303 e. The molecule has 88 valence electrons. The van der Waals surface area contributed by atoms with Crippen LogP contribution in [0.1, 0.15) is 6.92 Å². The highest BCUT2D eigenvalue weighted by Gasteiger charge is 2.42. The van der Waals surface area contributed by atoms with Crippen LogP contribution in [-0.4, -0.2) is 50.1 Å². The first-order valence-electron chi connectivity index (χ1n) is 4.58. The molecule has 0 aromatic carbocycles. The Bertz CT molecular complexity index is 223. The van der Waals surface area contributed by atoms with E-state index in [0.29, 0.717) is 6.61 Å². The lowest BCUT2D eigenvalue weighted by Gasteiger charge is -2.38. The molecule has 0 bridgehead atoms. The maximum absolute atomic E-state index is 10.9. The van der Waals surface area contributed by atoms with E-state index < -0.39 is 6.10 Å². The monoisotopic (exact) mass is 282 g/mol. The number of alkyl halides is 1. The number of carbonyl (C=O) groups excluding carboxylic acids is 1. The van der Waals surface area contributed by atoms with E-state index in [1.165, 1.54) is 6.92 Å². The lowest BCUT2D eigenvalue weighted by molar-refractivity contribution is -0.200. The van der Waals surface area contributed by atoms with Crippen molar-refractivity contribution in [2.45, 2.75) is 30.2 Å². The Balaban J connectivity index is 2.71. The van der Waals surface area contributed by atoms with Gasteiger partial charge in [-0.3, -0.25) is 4.79 Å². The Morgan fingerprint density at radius 2 is 2.00 bits per heavy atom. The van der Waals surface area contributed by atoms with Crippen molar-refractivity contribution in [2.75, 3.05) is 20.8 Å². The molecule has 0 N–H and O–H groups in total. The predicted molar refractivity (Wildman–Crippen MR) is 55.8 cm³/mol. The topological polar surface area (TPSA) is 54.0 Å². The molecule has 1 unspecified atom stereocenters. The van der Waals surface area contributed by atoms with E-state index in [2.05, 4.69) is 15.9 Å². The molecule has 0 amide bonds. The molecule has 0 saturated carbocycles. The molecule has 0 aliphatic carbocycles. The lowest BCUT2D eigenvalue weighted by atomic mass is 10.1. The van der Waals surface area contributed by atoms with Gasteiger partial charge in [0.15, 0.2) is 11.1 Å². The summed E-state index contributed by atoms with van der Waals surface area (Å²) in [5.41, 5.74) is 0. The molecule has 1 heterocycles. The highest BCUT2D eigenvalue weighted by Crippen LogP contribution is 2.26. The van der Waals surface area contributed by atoms with E-state index in [-0.39, 0.29) is 23.2 Å². The van der Waals surface area contributed by atoms with Crippen LogP contribution in [0.25, 0.3) is 0 Å². The number of rotatable bonds is 3. The number of halogens is 1. The molecule has 0 spiro atoms. The Labute approximate surface area is 97.1 Å². The van der Waals surface area contributed by atoms with Gasteiger partial charge in [-0.25, -0.2) is 0 Å². The summed E-state index contributed by atoms with van der Waals surface area (Å²) < 4.78 is 20.9. The quantitative estimate of drug-likeness (QED) is 0.563. The van der Waals surface area contributed by atoms with Crippen LogP contribution in [0.3, 0.4) is 0 Å². The van der Waals surface area contributed by atoms with Gasteiger partial charge >= 0.3 is 5.97 Å². The molecule has 1 aliphatic rings. The van der Waals surface area contributed by atoms with Gasteiger partial charge in [-0.1, -0.05) is 15.9 Å². The average molecular weight is 283 g/mol. The highest BCUT2D eigenvalue weighted by atomic mass is 79.9. The zero-order chi connectivity index (χ0) is 11.4. The van der Waals surface area contributed by atoms with Gasteiger partial charge in [-0.2, -0.15) is 0 Å². The molecular weight excluding hydrogens is 268 g/mol. The Hall–Kier alpha value is -0.170. The molecule has 1 aliphatic heterocycles. The lowest BCUT2D eigenvalue weighted by Crippen LogP contribution is -2.54. The summed E-state index contributed by atoms with van der Waals surface area (Å²) in [7, 11) is 3.12. The van der Waals surface area contributed by atoms with Crippen molar-refractivity contribution in [2.24, 2.45) is 0 Å². The Morgan fingerprint density at radius 1 is 1.33 bits per heavy atom. The predicted octanol–water partition coefficient (Wildman–Crippen LogP) is 0.699. The molecule has 15 heavy (non-hydrogen) atoms. The largest absolute Gasteiger partial charge is 0.456 e. The van der Waals surface area contributed by atoms with Crippen LogP contribution in [0.15, 0.2) is 0 Å². The van der Waals surface area contributed by atoms with Crippen LogP contribution in [0.4, 0.5) is 0 Å². The van der Waals surface area contributed by atoms with Crippen molar-refractivity contribution in [3.05, 3.63) is 0 Å². The minimum absolute atomic E-state index is 0.229. The molecule has 1 saturated heterocycles. The van der Waals surface area contributed by atoms with Crippen LogP contribution in [0.2, 0.25) is 0 Å². The normalized spacial score (nSPS) is 36.3. The van der Waals surface area contributed by atoms with Crippen LogP contribution in [0, 0.1) is 0 Å². The molecule has 4 atom stereocenters. The molecule has 1 fully saturated rings. The van der Waals surface area contributed by atoms with Crippen molar-refractivity contribution in [1.29, 1.82) is 0 Å². The molecule has 1 rings (SSSR count). The van der Waals surface area contributed by atoms with E-state index in [4.69, 9.17) is 18.9 Å².